The number of morpholine rings is 1. The number of rotatable bonds is 7. The van der Waals surface area contributed by atoms with Gasteiger partial charge >= 0.3 is 0 Å². The largest absolute Gasteiger partial charge is 0.394 e. The standard InChI is InChI=1S/C13H28N2O3/c1-13(2)10-15(7-12(8-16)18-13)11(9-17-3)5-4-6-14/h11-12,16H,4-10,14H2,1-3H3. The maximum Gasteiger partial charge on any atom is 0.0940 e. The molecule has 1 fully saturated rings. The summed E-state index contributed by atoms with van der Waals surface area (Å²) < 4.78 is 11.1. The molecule has 1 aliphatic rings. The van der Waals surface area contributed by atoms with Crippen molar-refractivity contribution in [3.8, 4) is 0 Å². The smallest absolute Gasteiger partial charge is 0.0940 e. The Labute approximate surface area is 110 Å². The molecule has 0 aliphatic carbocycles. The molecule has 18 heavy (non-hydrogen) atoms. The van der Waals surface area contributed by atoms with Gasteiger partial charge < -0.3 is 20.3 Å². The van der Waals surface area contributed by atoms with Gasteiger partial charge in [0.05, 0.1) is 24.9 Å². The summed E-state index contributed by atoms with van der Waals surface area (Å²) >= 11 is 0. The van der Waals surface area contributed by atoms with Crippen LogP contribution in [0.4, 0.5) is 0 Å². The second-order valence-electron chi connectivity index (χ2n) is 5.65. The van der Waals surface area contributed by atoms with E-state index in [0.717, 1.165) is 25.9 Å². The molecule has 0 amide bonds. The van der Waals surface area contributed by atoms with Crippen molar-refractivity contribution in [2.24, 2.45) is 5.73 Å². The maximum absolute atomic E-state index is 9.33. The summed E-state index contributed by atoms with van der Waals surface area (Å²) in [6.45, 7) is 7.23. The van der Waals surface area contributed by atoms with Gasteiger partial charge in [-0.25, -0.2) is 0 Å². The second-order valence-corrected chi connectivity index (χ2v) is 5.65. The van der Waals surface area contributed by atoms with Gasteiger partial charge in [0.2, 0.25) is 0 Å². The quantitative estimate of drug-likeness (QED) is 0.685. The SMILES string of the molecule is COCC(CCCN)N1CC(CO)OC(C)(C)C1. The number of nitrogens with zero attached hydrogens (tertiary/aromatic N) is 1. The van der Waals surface area contributed by atoms with Gasteiger partial charge in [0.15, 0.2) is 0 Å². The Morgan fingerprint density at radius 1 is 1.56 bits per heavy atom. The third kappa shape index (κ3) is 4.82. The fourth-order valence-electron chi connectivity index (χ4n) is 2.63. The molecular formula is C13H28N2O3. The van der Waals surface area contributed by atoms with Crippen molar-refractivity contribution >= 4 is 0 Å². The zero-order valence-corrected chi connectivity index (χ0v) is 11.9. The summed E-state index contributed by atoms with van der Waals surface area (Å²) in [6, 6.07) is 0.357. The highest BCUT2D eigenvalue weighted by Crippen LogP contribution is 2.23. The van der Waals surface area contributed by atoms with Crippen LogP contribution in [0.3, 0.4) is 0 Å². The van der Waals surface area contributed by atoms with E-state index in [9.17, 15) is 5.11 Å². The van der Waals surface area contributed by atoms with Crippen molar-refractivity contribution in [1.29, 1.82) is 0 Å². The van der Waals surface area contributed by atoms with Crippen molar-refractivity contribution in [2.75, 3.05) is 40.0 Å². The van der Waals surface area contributed by atoms with Crippen LogP contribution in [0.15, 0.2) is 0 Å². The minimum atomic E-state index is -0.222. The molecule has 5 nitrogen and oxygen atoms in total. The van der Waals surface area contributed by atoms with Gasteiger partial charge in [-0.1, -0.05) is 0 Å². The highest BCUT2D eigenvalue weighted by molar-refractivity contribution is 4.87. The van der Waals surface area contributed by atoms with Crippen LogP contribution in [0.1, 0.15) is 26.7 Å². The van der Waals surface area contributed by atoms with Crippen molar-refractivity contribution in [2.45, 2.75) is 44.4 Å². The molecular weight excluding hydrogens is 232 g/mol. The molecule has 0 aromatic rings. The summed E-state index contributed by atoms with van der Waals surface area (Å²) in [6.07, 6.45) is 1.92. The lowest BCUT2D eigenvalue weighted by Crippen LogP contribution is -2.57. The average molecular weight is 260 g/mol. The first-order chi connectivity index (χ1) is 8.52. The van der Waals surface area contributed by atoms with Crippen LogP contribution in [0, 0.1) is 0 Å². The van der Waals surface area contributed by atoms with Gasteiger partial charge in [0.25, 0.3) is 0 Å². The monoisotopic (exact) mass is 260 g/mol. The molecule has 0 radical (unpaired) electrons. The predicted molar refractivity (Wildman–Crippen MR) is 71.6 cm³/mol. The first-order valence-electron chi connectivity index (χ1n) is 6.74. The van der Waals surface area contributed by atoms with Crippen LogP contribution >= 0.6 is 0 Å². The van der Waals surface area contributed by atoms with Crippen molar-refractivity contribution in [3.63, 3.8) is 0 Å². The first kappa shape index (κ1) is 15.9. The van der Waals surface area contributed by atoms with E-state index in [4.69, 9.17) is 15.2 Å². The Bertz CT molecular complexity index is 236. The zero-order chi connectivity index (χ0) is 13.6. The van der Waals surface area contributed by atoms with E-state index in [1.807, 2.05) is 0 Å². The minimum absolute atomic E-state index is 0.0660. The number of hydrogen-bond acceptors (Lipinski definition) is 5. The highest BCUT2D eigenvalue weighted by Gasteiger charge is 2.35. The van der Waals surface area contributed by atoms with Gasteiger partial charge in [-0.05, 0) is 33.2 Å². The van der Waals surface area contributed by atoms with E-state index in [2.05, 4.69) is 18.7 Å². The molecule has 2 unspecified atom stereocenters. The van der Waals surface area contributed by atoms with E-state index in [1.54, 1.807) is 7.11 Å². The van der Waals surface area contributed by atoms with E-state index in [1.165, 1.54) is 0 Å². The van der Waals surface area contributed by atoms with Crippen LogP contribution in [0.2, 0.25) is 0 Å². The molecule has 0 bridgehead atoms. The Hall–Kier alpha value is -0.200. The van der Waals surface area contributed by atoms with Crippen LogP contribution < -0.4 is 5.73 Å². The number of aliphatic hydroxyl groups excluding tert-OH is 1. The lowest BCUT2D eigenvalue weighted by molar-refractivity contribution is -0.160. The molecule has 5 heteroatoms. The summed E-state index contributed by atoms with van der Waals surface area (Å²) in [5, 5.41) is 9.33. The molecule has 108 valence electrons. The predicted octanol–water partition coefficient (Wildman–Crippen LogP) is 0.212. The molecule has 0 saturated carbocycles. The lowest BCUT2D eigenvalue weighted by Gasteiger charge is -2.45. The van der Waals surface area contributed by atoms with Gasteiger partial charge in [-0.3, -0.25) is 4.90 Å². The summed E-state index contributed by atoms with van der Waals surface area (Å²) in [5.41, 5.74) is 5.36. The molecule has 2 atom stereocenters. The van der Waals surface area contributed by atoms with E-state index in [-0.39, 0.29) is 18.3 Å². The maximum atomic E-state index is 9.33. The van der Waals surface area contributed by atoms with E-state index in [0.29, 0.717) is 19.2 Å². The molecule has 1 heterocycles. The minimum Gasteiger partial charge on any atom is -0.394 e. The molecule has 0 aromatic carbocycles. The fourth-order valence-corrected chi connectivity index (χ4v) is 2.63. The van der Waals surface area contributed by atoms with Crippen LogP contribution in [-0.4, -0.2) is 67.7 Å². The lowest BCUT2D eigenvalue weighted by atomic mass is 10.0. The normalized spacial score (nSPS) is 26.2. The summed E-state index contributed by atoms with van der Waals surface area (Å²) in [7, 11) is 1.73. The molecule has 1 saturated heterocycles. The molecule has 0 aromatic heterocycles. The van der Waals surface area contributed by atoms with Gasteiger partial charge in [0.1, 0.15) is 0 Å². The Morgan fingerprint density at radius 2 is 2.28 bits per heavy atom. The Morgan fingerprint density at radius 3 is 2.83 bits per heavy atom. The molecule has 1 rings (SSSR count). The zero-order valence-electron chi connectivity index (χ0n) is 11.9. The third-order valence-electron chi connectivity index (χ3n) is 3.33. The number of ether oxygens (including phenoxy) is 2. The summed E-state index contributed by atoms with van der Waals surface area (Å²) in [5.74, 6) is 0. The van der Waals surface area contributed by atoms with Gasteiger partial charge in [-0.15, -0.1) is 0 Å². The average Bonchev–Trinajstić information content (AvgIpc) is 2.32. The first-order valence-corrected chi connectivity index (χ1v) is 6.74. The number of methoxy groups -OCH3 is 1. The number of nitrogens with two attached hydrogens (primary N) is 1. The fraction of sp³-hybridized carbons (Fsp3) is 1.00. The Kier molecular flexibility index (Phi) is 6.52. The Balaban J connectivity index is 2.63. The summed E-state index contributed by atoms with van der Waals surface area (Å²) in [4.78, 5) is 2.36. The van der Waals surface area contributed by atoms with Crippen LogP contribution in [-0.2, 0) is 9.47 Å². The molecule has 1 aliphatic heterocycles. The topological polar surface area (TPSA) is 68.0 Å². The second kappa shape index (κ2) is 7.40. The van der Waals surface area contributed by atoms with Crippen molar-refractivity contribution in [1.82, 2.24) is 4.90 Å². The molecule has 3 N–H and O–H groups in total. The van der Waals surface area contributed by atoms with Gasteiger partial charge in [0, 0.05) is 26.2 Å². The van der Waals surface area contributed by atoms with Gasteiger partial charge in [-0.2, -0.15) is 0 Å². The number of aliphatic hydroxyl groups is 1. The molecule has 0 spiro atoms. The van der Waals surface area contributed by atoms with Crippen molar-refractivity contribution < 1.29 is 14.6 Å². The van der Waals surface area contributed by atoms with E-state index >= 15 is 0 Å². The van der Waals surface area contributed by atoms with Crippen LogP contribution in [0.25, 0.3) is 0 Å². The highest BCUT2D eigenvalue weighted by atomic mass is 16.5. The van der Waals surface area contributed by atoms with Crippen LogP contribution in [0.5, 0.6) is 0 Å². The van der Waals surface area contributed by atoms with E-state index < -0.39 is 0 Å². The third-order valence-corrected chi connectivity index (χ3v) is 3.33. The number of hydrogen-bond donors (Lipinski definition) is 2. The van der Waals surface area contributed by atoms with Crippen molar-refractivity contribution in [3.05, 3.63) is 0 Å².